The molecule has 8 nitrogen and oxygen atoms in total. The Morgan fingerprint density at radius 1 is 1.43 bits per heavy atom. The Morgan fingerprint density at radius 3 is 2.87 bits per heavy atom. The van der Waals surface area contributed by atoms with Gasteiger partial charge >= 0.3 is 5.69 Å². The monoisotopic (exact) mass is 318 g/mol. The molecule has 1 aromatic carbocycles. The highest BCUT2D eigenvalue weighted by molar-refractivity contribution is 5.92. The highest BCUT2D eigenvalue weighted by Gasteiger charge is 2.15. The third kappa shape index (κ3) is 4.29. The molecule has 0 aliphatic carbocycles. The molecule has 0 aliphatic heterocycles. The minimum atomic E-state index is -0.510. The van der Waals surface area contributed by atoms with Gasteiger partial charge in [0.15, 0.2) is 12.5 Å². The average molecular weight is 318 g/mol. The molecule has 122 valence electrons. The Morgan fingerprint density at radius 2 is 2.17 bits per heavy atom. The van der Waals surface area contributed by atoms with Crippen molar-refractivity contribution in [1.29, 1.82) is 0 Å². The number of nitro groups is 1. The summed E-state index contributed by atoms with van der Waals surface area (Å²) in [7, 11) is 0. The summed E-state index contributed by atoms with van der Waals surface area (Å²) >= 11 is 0. The van der Waals surface area contributed by atoms with Crippen LogP contribution >= 0.6 is 0 Å². The standard InChI is InChI=1S/C15H18N4O4/c1-3-11(2)16-15(20)12-8-9-18(17-12)10-23-14-7-5-4-6-13(14)19(21)22/h4-9,11H,3,10H2,1-2H3,(H,16,20). The predicted octanol–water partition coefficient (Wildman–Crippen LogP) is 2.36. The number of nitrogens with one attached hydrogen (secondary N) is 1. The van der Waals surface area contributed by atoms with Crippen LogP contribution in [0.2, 0.25) is 0 Å². The SMILES string of the molecule is CCC(C)NC(=O)c1ccn(COc2ccccc2[N+](=O)[O-])n1. The third-order valence-corrected chi connectivity index (χ3v) is 3.28. The Labute approximate surface area is 133 Å². The maximum Gasteiger partial charge on any atom is 0.311 e. The first-order chi connectivity index (χ1) is 11.0. The van der Waals surface area contributed by atoms with Crippen LogP contribution in [0, 0.1) is 10.1 Å². The summed E-state index contributed by atoms with van der Waals surface area (Å²) < 4.78 is 6.81. The van der Waals surface area contributed by atoms with Crippen molar-refractivity contribution in [3.63, 3.8) is 0 Å². The molecular formula is C15H18N4O4. The molecule has 1 unspecified atom stereocenters. The fourth-order valence-corrected chi connectivity index (χ4v) is 1.82. The van der Waals surface area contributed by atoms with Crippen molar-refractivity contribution in [2.75, 3.05) is 0 Å². The lowest BCUT2D eigenvalue weighted by molar-refractivity contribution is -0.386. The Balaban J connectivity index is 2.00. The first-order valence-corrected chi connectivity index (χ1v) is 7.21. The van der Waals surface area contributed by atoms with Gasteiger partial charge in [0.25, 0.3) is 5.91 Å². The first kappa shape index (κ1) is 16.5. The molecule has 23 heavy (non-hydrogen) atoms. The van der Waals surface area contributed by atoms with Crippen LogP contribution in [0.15, 0.2) is 36.5 Å². The molecule has 2 aromatic rings. The van der Waals surface area contributed by atoms with E-state index in [4.69, 9.17) is 4.74 Å². The summed E-state index contributed by atoms with van der Waals surface area (Å²) in [4.78, 5) is 22.3. The van der Waals surface area contributed by atoms with Gasteiger partial charge < -0.3 is 10.1 Å². The van der Waals surface area contributed by atoms with Gasteiger partial charge in [-0.1, -0.05) is 19.1 Å². The molecule has 1 N–H and O–H groups in total. The number of hydrogen-bond acceptors (Lipinski definition) is 5. The van der Waals surface area contributed by atoms with Crippen LogP contribution < -0.4 is 10.1 Å². The number of nitrogens with zero attached hydrogens (tertiary/aromatic N) is 3. The van der Waals surface area contributed by atoms with E-state index in [0.29, 0.717) is 0 Å². The van der Waals surface area contributed by atoms with Crippen LogP contribution in [0.5, 0.6) is 5.75 Å². The smallest absolute Gasteiger partial charge is 0.311 e. The summed E-state index contributed by atoms with van der Waals surface area (Å²) in [6.45, 7) is 3.86. The second-order valence-electron chi connectivity index (χ2n) is 5.02. The Hall–Kier alpha value is -2.90. The van der Waals surface area contributed by atoms with Crippen molar-refractivity contribution in [3.8, 4) is 5.75 Å². The van der Waals surface area contributed by atoms with Gasteiger partial charge in [-0.3, -0.25) is 14.9 Å². The van der Waals surface area contributed by atoms with E-state index < -0.39 is 4.92 Å². The molecule has 0 aliphatic rings. The summed E-state index contributed by atoms with van der Waals surface area (Å²) in [5, 5.41) is 17.8. The van der Waals surface area contributed by atoms with E-state index in [0.717, 1.165) is 6.42 Å². The largest absolute Gasteiger partial charge is 0.464 e. The molecule has 0 fully saturated rings. The number of benzene rings is 1. The maximum absolute atomic E-state index is 11.9. The maximum atomic E-state index is 11.9. The molecule has 0 bridgehead atoms. The van der Waals surface area contributed by atoms with Gasteiger partial charge in [-0.15, -0.1) is 0 Å². The van der Waals surface area contributed by atoms with Gasteiger partial charge in [0.2, 0.25) is 0 Å². The van der Waals surface area contributed by atoms with Crippen LogP contribution in [0.1, 0.15) is 30.8 Å². The zero-order chi connectivity index (χ0) is 16.8. The lowest BCUT2D eigenvalue weighted by atomic mass is 10.2. The molecule has 0 saturated heterocycles. The predicted molar refractivity (Wildman–Crippen MR) is 83.2 cm³/mol. The van der Waals surface area contributed by atoms with Gasteiger partial charge in [-0.25, -0.2) is 4.68 Å². The topological polar surface area (TPSA) is 99.3 Å². The number of aromatic nitrogens is 2. The minimum Gasteiger partial charge on any atom is -0.464 e. The first-order valence-electron chi connectivity index (χ1n) is 7.21. The Bertz CT molecular complexity index is 698. The molecule has 0 saturated carbocycles. The van der Waals surface area contributed by atoms with E-state index in [2.05, 4.69) is 10.4 Å². The second kappa shape index (κ2) is 7.39. The van der Waals surface area contributed by atoms with Gasteiger partial charge in [0, 0.05) is 18.3 Å². The van der Waals surface area contributed by atoms with Gasteiger partial charge in [-0.05, 0) is 25.5 Å². The normalized spacial score (nSPS) is 11.7. The number of para-hydroxylation sites is 2. The van der Waals surface area contributed by atoms with Crippen molar-refractivity contribution in [3.05, 3.63) is 52.3 Å². The molecule has 1 aromatic heterocycles. The van der Waals surface area contributed by atoms with E-state index in [9.17, 15) is 14.9 Å². The molecule has 0 spiro atoms. The van der Waals surface area contributed by atoms with Gasteiger partial charge in [0.05, 0.1) is 4.92 Å². The number of nitro benzene ring substituents is 1. The van der Waals surface area contributed by atoms with Gasteiger partial charge in [-0.2, -0.15) is 5.10 Å². The minimum absolute atomic E-state index is 0.0263. The average Bonchev–Trinajstić information content (AvgIpc) is 3.02. The summed E-state index contributed by atoms with van der Waals surface area (Å²) in [6, 6.07) is 7.73. The number of carbonyl (C=O) groups is 1. The third-order valence-electron chi connectivity index (χ3n) is 3.28. The van der Waals surface area contributed by atoms with E-state index in [1.54, 1.807) is 24.4 Å². The number of ether oxygens (including phenoxy) is 1. The molecule has 1 heterocycles. The van der Waals surface area contributed by atoms with Crippen molar-refractivity contribution in [2.45, 2.75) is 33.0 Å². The van der Waals surface area contributed by atoms with E-state index in [1.807, 2.05) is 13.8 Å². The molecule has 0 radical (unpaired) electrons. The fraction of sp³-hybridized carbons (Fsp3) is 0.333. The number of amides is 1. The quantitative estimate of drug-likeness (QED) is 0.624. The number of rotatable bonds is 7. The highest BCUT2D eigenvalue weighted by Crippen LogP contribution is 2.25. The summed E-state index contributed by atoms with van der Waals surface area (Å²) in [5.41, 5.74) is 0.158. The fourth-order valence-electron chi connectivity index (χ4n) is 1.82. The highest BCUT2D eigenvalue weighted by atomic mass is 16.6. The van der Waals surface area contributed by atoms with Crippen LogP contribution in [0.25, 0.3) is 0 Å². The van der Waals surface area contributed by atoms with E-state index in [1.165, 1.54) is 16.8 Å². The van der Waals surface area contributed by atoms with Crippen molar-refractivity contribution in [2.24, 2.45) is 0 Å². The molecular weight excluding hydrogens is 300 g/mol. The molecule has 1 atom stereocenters. The molecule has 1 amide bonds. The van der Waals surface area contributed by atoms with Gasteiger partial charge in [0.1, 0.15) is 5.69 Å². The zero-order valence-corrected chi connectivity index (χ0v) is 12.9. The second-order valence-corrected chi connectivity index (χ2v) is 5.02. The van der Waals surface area contributed by atoms with Crippen molar-refractivity contribution < 1.29 is 14.5 Å². The van der Waals surface area contributed by atoms with Crippen LogP contribution in [-0.4, -0.2) is 26.7 Å². The van der Waals surface area contributed by atoms with Crippen molar-refractivity contribution in [1.82, 2.24) is 15.1 Å². The zero-order valence-electron chi connectivity index (χ0n) is 12.9. The number of hydrogen-bond donors (Lipinski definition) is 1. The van der Waals surface area contributed by atoms with E-state index in [-0.39, 0.29) is 35.8 Å². The molecule has 8 heteroatoms. The number of carbonyl (C=O) groups excluding carboxylic acids is 1. The summed E-state index contributed by atoms with van der Waals surface area (Å²) in [5.74, 6) is -0.109. The van der Waals surface area contributed by atoms with Crippen LogP contribution in [-0.2, 0) is 6.73 Å². The molecule has 2 rings (SSSR count). The van der Waals surface area contributed by atoms with Crippen LogP contribution in [0.3, 0.4) is 0 Å². The summed E-state index contributed by atoms with van der Waals surface area (Å²) in [6.07, 6.45) is 2.41. The van der Waals surface area contributed by atoms with E-state index >= 15 is 0 Å². The van der Waals surface area contributed by atoms with Crippen LogP contribution in [0.4, 0.5) is 5.69 Å². The Kier molecular flexibility index (Phi) is 5.29. The lowest BCUT2D eigenvalue weighted by Crippen LogP contribution is -2.32. The van der Waals surface area contributed by atoms with Crippen molar-refractivity contribution >= 4 is 11.6 Å². The lowest BCUT2D eigenvalue weighted by Gasteiger charge is -2.09.